The van der Waals surface area contributed by atoms with E-state index < -0.39 is 0 Å². The van der Waals surface area contributed by atoms with Crippen LogP contribution in [0, 0.1) is 0 Å². The third-order valence-electron chi connectivity index (χ3n) is 2.77. The van der Waals surface area contributed by atoms with Gasteiger partial charge in [0.2, 0.25) is 0 Å². The first-order valence-corrected chi connectivity index (χ1v) is 8.66. The van der Waals surface area contributed by atoms with E-state index in [2.05, 4.69) is 53.1 Å². The largest absolute Gasteiger partial charge is 0.308 e. The maximum atomic E-state index is 6.15. The van der Waals surface area contributed by atoms with Crippen molar-refractivity contribution in [1.29, 1.82) is 0 Å². The maximum absolute atomic E-state index is 6.15. The number of hydrogen-bond donors (Lipinski definition) is 1. The van der Waals surface area contributed by atoms with Crippen molar-refractivity contribution in [3.8, 4) is 0 Å². The van der Waals surface area contributed by atoms with Gasteiger partial charge in [-0.3, -0.25) is 0 Å². The van der Waals surface area contributed by atoms with Crippen LogP contribution in [0.3, 0.4) is 0 Å². The van der Waals surface area contributed by atoms with Gasteiger partial charge in [-0.25, -0.2) is 4.98 Å². The summed E-state index contributed by atoms with van der Waals surface area (Å²) >= 11 is 11.3. The second kappa shape index (κ2) is 7.14. The van der Waals surface area contributed by atoms with Crippen molar-refractivity contribution >= 4 is 39.3 Å². The van der Waals surface area contributed by atoms with Gasteiger partial charge in [0.05, 0.1) is 4.47 Å². The average Bonchev–Trinajstić information content (AvgIpc) is 2.39. The van der Waals surface area contributed by atoms with Crippen LogP contribution in [0.4, 0.5) is 0 Å². The highest BCUT2D eigenvalue weighted by atomic mass is 79.9. The Morgan fingerprint density at radius 1 is 1.29 bits per heavy atom. The zero-order valence-electron chi connectivity index (χ0n) is 12.3. The van der Waals surface area contributed by atoms with E-state index in [1.165, 1.54) is 5.56 Å². The fourth-order valence-electron chi connectivity index (χ4n) is 1.68. The fourth-order valence-corrected chi connectivity index (χ4v) is 3.36. The Morgan fingerprint density at radius 3 is 2.71 bits per heavy atom. The standard InChI is InChI=1S/C16H18BrClN2S/c1-16(2,3)20-10-11-6-7-12(18)9-14(11)21-15-13(17)5-4-8-19-15/h4-9,20H,10H2,1-3H3. The second-order valence-electron chi connectivity index (χ2n) is 5.75. The van der Waals surface area contributed by atoms with E-state index in [1.54, 1.807) is 18.0 Å². The normalized spacial score (nSPS) is 11.7. The molecule has 0 atom stereocenters. The van der Waals surface area contributed by atoms with Gasteiger partial charge in [-0.15, -0.1) is 0 Å². The van der Waals surface area contributed by atoms with Crippen LogP contribution in [0.2, 0.25) is 5.02 Å². The van der Waals surface area contributed by atoms with Crippen LogP contribution in [0.25, 0.3) is 0 Å². The van der Waals surface area contributed by atoms with Gasteiger partial charge in [-0.05, 0) is 66.5 Å². The van der Waals surface area contributed by atoms with Crippen LogP contribution in [0.5, 0.6) is 0 Å². The Kier molecular flexibility index (Phi) is 5.72. The van der Waals surface area contributed by atoms with E-state index in [1.807, 2.05) is 24.3 Å². The lowest BCUT2D eigenvalue weighted by Crippen LogP contribution is -2.35. The minimum absolute atomic E-state index is 0.0765. The third kappa shape index (κ3) is 5.29. The average molecular weight is 386 g/mol. The fraction of sp³-hybridized carbons (Fsp3) is 0.312. The molecule has 0 spiro atoms. The van der Waals surface area contributed by atoms with Crippen LogP contribution in [0.15, 0.2) is 50.9 Å². The summed E-state index contributed by atoms with van der Waals surface area (Å²) in [6, 6.07) is 9.90. The van der Waals surface area contributed by atoms with Crippen molar-refractivity contribution in [3.05, 3.63) is 51.6 Å². The molecule has 1 aromatic carbocycles. The molecule has 0 unspecified atom stereocenters. The van der Waals surface area contributed by atoms with Crippen LogP contribution < -0.4 is 5.32 Å². The third-order valence-corrected chi connectivity index (χ3v) is 5.03. The number of pyridine rings is 1. The lowest BCUT2D eigenvalue weighted by molar-refractivity contribution is 0.422. The zero-order chi connectivity index (χ0) is 15.5. The monoisotopic (exact) mass is 384 g/mol. The molecule has 21 heavy (non-hydrogen) atoms. The minimum atomic E-state index is 0.0765. The van der Waals surface area contributed by atoms with Crippen molar-refractivity contribution in [3.63, 3.8) is 0 Å². The molecular weight excluding hydrogens is 368 g/mol. The summed E-state index contributed by atoms with van der Waals surface area (Å²) < 4.78 is 0.990. The number of nitrogens with one attached hydrogen (secondary N) is 1. The van der Waals surface area contributed by atoms with Gasteiger partial charge < -0.3 is 5.32 Å². The van der Waals surface area contributed by atoms with Gasteiger partial charge in [0.1, 0.15) is 5.03 Å². The lowest BCUT2D eigenvalue weighted by atomic mass is 10.1. The molecule has 2 rings (SSSR count). The van der Waals surface area contributed by atoms with Crippen LogP contribution >= 0.6 is 39.3 Å². The highest BCUT2D eigenvalue weighted by Crippen LogP contribution is 2.35. The second-order valence-corrected chi connectivity index (χ2v) is 8.07. The van der Waals surface area contributed by atoms with Gasteiger partial charge in [-0.2, -0.15) is 0 Å². The zero-order valence-corrected chi connectivity index (χ0v) is 15.4. The Balaban J connectivity index is 2.25. The molecule has 1 heterocycles. The van der Waals surface area contributed by atoms with E-state index >= 15 is 0 Å². The molecule has 0 saturated carbocycles. The van der Waals surface area contributed by atoms with Gasteiger partial charge in [-0.1, -0.05) is 29.4 Å². The molecule has 0 amide bonds. The number of nitrogens with zero attached hydrogens (tertiary/aromatic N) is 1. The summed E-state index contributed by atoms with van der Waals surface area (Å²) in [5.41, 5.74) is 1.30. The number of benzene rings is 1. The molecule has 112 valence electrons. The first-order chi connectivity index (χ1) is 9.85. The molecule has 1 N–H and O–H groups in total. The van der Waals surface area contributed by atoms with Gasteiger partial charge in [0.25, 0.3) is 0 Å². The molecule has 1 aromatic heterocycles. The lowest BCUT2D eigenvalue weighted by Gasteiger charge is -2.21. The van der Waals surface area contributed by atoms with E-state index in [0.29, 0.717) is 0 Å². The summed E-state index contributed by atoms with van der Waals surface area (Å²) in [5.74, 6) is 0. The molecule has 0 bridgehead atoms. The van der Waals surface area contributed by atoms with Crippen LogP contribution in [-0.4, -0.2) is 10.5 Å². The predicted octanol–water partition coefficient (Wildman–Crippen LogP) is 5.54. The van der Waals surface area contributed by atoms with E-state index in [0.717, 1.165) is 26.0 Å². The van der Waals surface area contributed by atoms with Crippen molar-refractivity contribution in [2.75, 3.05) is 0 Å². The first kappa shape index (κ1) is 16.8. The molecule has 2 aromatic rings. The number of halogens is 2. The molecular formula is C16H18BrClN2S. The van der Waals surface area contributed by atoms with Crippen LogP contribution in [0.1, 0.15) is 26.3 Å². The van der Waals surface area contributed by atoms with Crippen LogP contribution in [-0.2, 0) is 6.54 Å². The molecule has 2 nitrogen and oxygen atoms in total. The van der Waals surface area contributed by atoms with E-state index in [4.69, 9.17) is 11.6 Å². The predicted molar refractivity (Wildman–Crippen MR) is 94.1 cm³/mol. The summed E-state index contributed by atoms with van der Waals surface area (Å²) in [6.45, 7) is 7.27. The Bertz CT molecular complexity index is 626. The number of rotatable bonds is 4. The molecule has 0 aliphatic heterocycles. The van der Waals surface area contributed by atoms with E-state index in [9.17, 15) is 0 Å². The summed E-state index contributed by atoms with van der Waals surface area (Å²) in [6.07, 6.45) is 1.80. The molecule has 0 radical (unpaired) electrons. The Morgan fingerprint density at radius 2 is 2.05 bits per heavy atom. The van der Waals surface area contributed by atoms with Crippen molar-refractivity contribution in [1.82, 2.24) is 10.3 Å². The maximum Gasteiger partial charge on any atom is 0.115 e. The van der Waals surface area contributed by atoms with Gasteiger partial charge >= 0.3 is 0 Å². The highest BCUT2D eigenvalue weighted by Gasteiger charge is 2.12. The highest BCUT2D eigenvalue weighted by molar-refractivity contribution is 9.10. The molecule has 5 heteroatoms. The summed E-state index contributed by atoms with van der Waals surface area (Å²) in [4.78, 5) is 5.53. The van der Waals surface area contributed by atoms with Gasteiger partial charge in [0.15, 0.2) is 0 Å². The van der Waals surface area contributed by atoms with Crippen molar-refractivity contribution in [2.24, 2.45) is 0 Å². The Hall–Kier alpha value is -0.550. The summed E-state index contributed by atoms with van der Waals surface area (Å²) in [5, 5.41) is 5.19. The minimum Gasteiger partial charge on any atom is -0.308 e. The number of hydrogen-bond acceptors (Lipinski definition) is 3. The van der Waals surface area contributed by atoms with Crippen molar-refractivity contribution in [2.45, 2.75) is 42.8 Å². The quantitative estimate of drug-likeness (QED) is 0.748. The van der Waals surface area contributed by atoms with Crippen molar-refractivity contribution < 1.29 is 0 Å². The molecule has 0 fully saturated rings. The van der Waals surface area contributed by atoms with Gasteiger partial charge in [0, 0.05) is 28.2 Å². The smallest absolute Gasteiger partial charge is 0.115 e. The molecule has 0 aliphatic carbocycles. The Labute approximate surface area is 143 Å². The first-order valence-electron chi connectivity index (χ1n) is 6.67. The SMILES string of the molecule is CC(C)(C)NCc1ccc(Cl)cc1Sc1ncccc1Br. The summed E-state index contributed by atoms with van der Waals surface area (Å²) in [7, 11) is 0. The molecule has 0 saturated heterocycles. The topological polar surface area (TPSA) is 24.9 Å². The van der Waals surface area contributed by atoms with E-state index in [-0.39, 0.29) is 5.54 Å². The molecule has 0 aliphatic rings. The number of aromatic nitrogens is 1.